The lowest BCUT2D eigenvalue weighted by atomic mass is 10.3. The molecule has 0 atom stereocenters. The molecule has 0 aliphatic carbocycles. The summed E-state index contributed by atoms with van der Waals surface area (Å²) in [5.41, 5.74) is 2.85. The van der Waals surface area contributed by atoms with Crippen LogP contribution in [0.5, 0.6) is 0 Å². The van der Waals surface area contributed by atoms with Gasteiger partial charge in [0.05, 0.1) is 19.0 Å². The molecule has 0 aromatic heterocycles. The summed E-state index contributed by atoms with van der Waals surface area (Å²) in [4.78, 5) is 0. The van der Waals surface area contributed by atoms with Gasteiger partial charge in [0.15, 0.2) is 0 Å². The Hall–Kier alpha value is -0.866. The van der Waals surface area contributed by atoms with Crippen LogP contribution in [0.1, 0.15) is 27.7 Å². The third kappa shape index (κ3) is 6.17. The van der Waals surface area contributed by atoms with E-state index in [2.05, 4.69) is 64.1 Å². The third-order valence-corrected chi connectivity index (χ3v) is 5.23. The van der Waals surface area contributed by atoms with Crippen LogP contribution >= 0.6 is 0 Å². The lowest BCUT2D eigenvalue weighted by molar-refractivity contribution is 1.36. The monoisotopic (exact) mass is 270 g/mol. The van der Waals surface area contributed by atoms with Crippen molar-refractivity contribution in [3.63, 3.8) is 0 Å². The van der Waals surface area contributed by atoms with Gasteiger partial charge in [-0.3, -0.25) is 0 Å². The summed E-state index contributed by atoms with van der Waals surface area (Å²) in [5.74, 6) is 0. The molecule has 0 amide bonds. The summed E-state index contributed by atoms with van der Waals surface area (Å²) >= 11 is 0. The number of hydrogen-bond acceptors (Lipinski definition) is 0. The first-order valence-corrected chi connectivity index (χ1v) is 8.84. The van der Waals surface area contributed by atoms with E-state index in [0.717, 1.165) is 19.0 Å². The highest BCUT2D eigenvalue weighted by atomic mass is 28.2. The quantitative estimate of drug-likeness (QED) is 0.550. The van der Waals surface area contributed by atoms with Crippen molar-refractivity contribution in [1.29, 1.82) is 0 Å². The molecule has 18 heavy (non-hydrogen) atoms. The van der Waals surface area contributed by atoms with Crippen molar-refractivity contribution in [2.24, 2.45) is 0 Å². The van der Waals surface area contributed by atoms with Gasteiger partial charge in [-0.25, -0.2) is 0 Å². The van der Waals surface area contributed by atoms with Gasteiger partial charge in [0.1, 0.15) is 0 Å². The summed E-state index contributed by atoms with van der Waals surface area (Å²) < 4.78 is 0. The molecule has 0 bridgehead atoms. The van der Waals surface area contributed by atoms with E-state index in [1.165, 1.54) is 23.2 Å². The maximum atomic E-state index is 2.34. The summed E-state index contributed by atoms with van der Waals surface area (Å²) in [5, 5.41) is 3.10. The van der Waals surface area contributed by atoms with Crippen LogP contribution in [0.3, 0.4) is 0 Å². The van der Waals surface area contributed by atoms with Crippen LogP contribution in [0.2, 0.25) is 12.1 Å². The minimum absolute atomic E-state index is 0.912. The molecule has 2 heteroatoms. The molecule has 0 fully saturated rings. The first kappa shape index (κ1) is 15.2. The normalized spacial score (nSPS) is 10.0. The fourth-order valence-corrected chi connectivity index (χ4v) is 4.49. The van der Waals surface area contributed by atoms with E-state index >= 15 is 0 Å². The molecular formula is C16H22Si2. The third-order valence-electron chi connectivity index (χ3n) is 2.53. The Kier molecular flexibility index (Phi) is 6.98. The van der Waals surface area contributed by atoms with E-state index in [1.807, 2.05) is 0 Å². The molecule has 94 valence electrons. The minimum atomic E-state index is 0.912. The van der Waals surface area contributed by atoms with Crippen molar-refractivity contribution in [2.45, 2.75) is 39.8 Å². The molecule has 0 aliphatic heterocycles. The number of benzene rings is 1. The molecule has 4 radical (unpaired) electrons. The van der Waals surface area contributed by atoms with Crippen molar-refractivity contribution in [2.75, 3.05) is 0 Å². The maximum absolute atomic E-state index is 2.34. The first-order chi connectivity index (χ1) is 8.59. The average Bonchev–Trinajstić information content (AvgIpc) is 2.30. The Balaban J connectivity index is 2.61. The van der Waals surface area contributed by atoms with E-state index in [0.29, 0.717) is 0 Å². The highest BCUT2D eigenvalue weighted by molar-refractivity contribution is 6.66. The minimum Gasteiger partial charge on any atom is -0.0886 e. The Bertz CT molecular complexity index is 381. The second kappa shape index (κ2) is 8.27. The standard InChI is InChI=1S/C16H22Si2/c1-13(2)9-11-17-15-7-5-6-8-16(15)18-12-10-14(3)4/h5-10H,11-12H2,1-4H3. The lowest BCUT2D eigenvalue weighted by Crippen LogP contribution is -2.35. The highest BCUT2D eigenvalue weighted by Gasteiger charge is 2.01. The van der Waals surface area contributed by atoms with E-state index in [4.69, 9.17) is 0 Å². The van der Waals surface area contributed by atoms with Gasteiger partial charge in [-0.2, -0.15) is 0 Å². The molecule has 0 nitrogen and oxygen atoms in total. The zero-order chi connectivity index (χ0) is 13.4. The zero-order valence-corrected chi connectivity index (χ0v) is 13.9. The second-order valence-corrected chi connectivity index (χ2v) is 7.47. The summed E-state index contributed by atoms with van der Waals surface area (Å²) in [7, 11) is 1.82. The molecule has 0 heterocycles. The molecule has 0 N–H and O–H groups in total. The van der Waals surface area contributed by atoms with Crippen LogP contribution in [-0.4, -0.2) is 19.0 Å². The van der Waals surface area contributed by atoms with Crippen molar-refractivity contribution < 1.29 is 0 Å². The summed E-state index contributed by atoms with van der Waals surface area (Å²) in [6.07, 6.45) is 4.68. The van der Waals surface area contributed by atoms with Crippen molar-refractivity contribution in [3.05, 3.63) is 47.6 Å². The van der Waals surface area contributed by atoms with Crippen LogP contribution in [0.25, 0.3) is 0 Å². The molecule has 1 aromatic rings. The Morgan fingerprint density at radius 1 is 0.833 bits per heavy atom. The van der Waals surface area contributed by atoms with Crippen LogP contribution in [0, 0.1) is 0 Å². The first-order valence-electron chi connectivity index (χ1n) is 6.43. The predicted octanol–water partition coefficient (Wildman–Crippen LogP) is 3.11. The molecule has 0 unspecified atom stereocenters. The van der Waals surface area contributed by atoms with Crippen LogP contribution < -0.4 is 10.4 Å². The molecule has 0 saturated carbocycles. The van der Waals surface area contributed by atoms with Crippen LogP contribution in [0.4, 0.5) is 0 Å². The van der Waals surface area contributed by atoms with Gasteiger partial charge >= 0.3 is 0 Å². The highest BCUT2D eigenvalue weighted by Crippen LogP contribution is 1.95. The number of hydrogen-bond donors (Lipinski definition) is 0. The second-order valence-electron chi connectivity index (χ2n) is 4.87. The van der Waals surface area contributed by atoms with Gasteiger partial charge in [0, 0.05) is 0 Å². The number of rotatable bonds is 6. The van der Waals surface area contributed by atoms with Crippen molar-refractivity contribution in [3.8, 4) is 0 Å². The van der Waals surface area contributed by atoms with Gasteiger partial charge in [0.2, 0.25) is 0 Å². The van der Waals surface area contributed by atoms with E-state index < -0.39 is 0 Å². The molecule has 0 aliphatic rings. The van der Waals surface area contributed by atoms with Gasteiger partial charge in [-0.1, -0.05) is 57.9 Å². The maximum Gasteiger partial charge on any atom is 0.0847 e. The van der Waals surface area contributed by atoms with Crippen LogP contribution in [0.15, 0.2) is 47.6 Å². The summed E-state index contributed by atoms with van der Waals surface area (Å²) in [6.45, 7) is 8.69. The summed E-state index contributed by atoms with van der Waals surface area (Å²) in [6, 6.07) is 11.3. The zero-order valence-electron chi connectivity index (χ0n) is 11.9. The fourth-order valence-electron chi connectivity index (χ4n) is 1.52. The van der Waals surface area contributed by atoms with E-state index in [1.54, 1.807) is 10.4 Å². The lowest BCUT2D eigenvalue weighted by Gasteiger charge is -2.06. The molecular weight excluding hydrogens is 248 g/mol. The smallest absolute Gasteiger partial charge is 0.0847 e. The van der Waals surface area contributed by atoms with Crippen molar-refractivity contribution in [1.82, 2.24) is 0 Å². The van der Waals surface area contributed by atoms with Gasteiger partial charge in [-0.15, -0.1) is 0 Å². The Morgan fingerprint density at radius 2 is 1.22 bits per heavy atom. The van der Waals surface area contributed by atoms with E-state index in [-0.39, 0.29) is 0 Å². The Labute approximate surface area is 117 Å². The molecule has 1 aromatic carbocycles. The van der Waals surface area contributed by atoms with Crippen molar-refractivity contribution >= 4 is 29.4 Å². The molecule has 1 rings (SSSR count). The molecule has 0 saturated heterocycles. The predicted molar refractivity (Wildman–Crippen MR) is 85.7 cm³/mol. The number of allylic oxidation sites excluding steroid dienone is 4. The van der Waals surface area contributed by atoms with Crippen LogP contribution in [-0.2, 0) is 0 Å². The topological polar surface area (TPSA) is 0 Å². The largest absolute Gasteiger partial charge is 0.0886 e. The van der Waals surface area contributed by atoms with Gasteiger partial charge in [0.25, 0.3) is 0 Å². The van der Waals surface area contributed by atoms with E-state index in [9.17, 15) is 0 Å². The molecule has 0 spiro atoms. The van der Waals surface area contributed by atoms with Gasteiger partial charge in [-0.05, 0) is 39.8 Å². The average molecular weight is 271 g/mol. The Morgan fingerprint density at radius 3 is 1.56 bits per heavy atom. The fraction of sp³-hybridized carbons (Fsp3) is 0.375. The van der Waals surface area contributed by atoms with Gasteiger partial charge < -0.3 is 0 Å². The SMILES string of the molecule is CC(C)=CC[Si]c1ccccc1[Si]CC=C(C)C.